The molecule has 0 spiro atoms. The second-order valence-corrected chi connectivity index (χ2v) is 7.07. The first kappa shape index (κ1) is 18.3. The number of sulfone groups is 1. The van der Waals surface area contributed by atoms with E-state index in [2.05, 4.69) is 10.3 Å². The highest BCUT2D eigenvalue weighted by Crippen LogP contribution is 2.09. The summed E-state index contributed by atoms with van der Waals surface area (Å²) >= 11 is 1.38. The normalized spacial score (nSPS) is 10.8. The van der Waals surface area contributed by atoms with Crippen molar-refractivity contribution in [3.05, 3.63) is 16.1 Å². The zero-order chi connectivity index (χ0) is 13.6. The number of thiazole rings is 1. The molecule has 19 heavy (non-hydrogen) atoms. The van der Waals surface area contributed by atoms with E-state index in [9.17, 15) is 13.2 Å². The van der Waals surface area contributed by atoms with E-state index < -0.39 is 9.84 Å². The van der Waals surface area contributed by atoms with E-state index in [1.165, 1.54) is 11.3 Å². The molecular formula is C10H18ClN3O3S2. The van der Waals surface area contributed by atoms with E-state index in [4.69, 9.17) is 5.73 Å². The number of amides is 1. The summed E-state index contributed by atoms with van der Waals surface area (Å²) in [4.78, 5) is 15.8. The van der Waals surface area contributed by atoms with Gasteiger partial charge in [-0.1, -0.05) is 6.92 Å². The van der Waals surface area contributed by atoms with Gasteiger partial charge < -0.3 is 11.1 Å². The van der Waals surface area contributed by atoms with Crippen molar-refractivity contribution >= 4 is 39.5 Å². The first-order chi connectivity index (χ1) is 8.48. The third-order valence-corrected chi connectivity index (χ3v) is 4.90. The standard InChI is InChI=1S/C10H17N3O3S2.ClH/c1-2-18(15,16)6-5-12-10(14)8-7-17-9(13-8)3-4-11;/h7H,2-6,11H2,1H3,(H,12,14);1H. The number of rotatable bonds is 7. The summed E-state index contributed by atoms with van der Waals surface area (Å²) in [5.41, 5.74) is 5.71. The zero-order valence-corrected chi connectivity index (χ0v) is 13.0. The van der Waals surface area contributed by atoms with Crippen LogP contribution in [0.5, 0.6) is 0 Å². The summed E-state index contributed by atoms with van der Waals surface area (Å²) < 4.78 is 22.5. The summed E-state index contributed by atoms with van der Waals surface area (Å²) in [5.74, 6) is -0.310. The highest BCUT2D eigenvalue weighted by atomic mass is 35.5. The molecule has 1 aromatic rings. The van der Waals surface area contributed by atoms with Crippen LogP contribution in [0.25, 0.3) is 0 Å². The summed E-state index contributed by atoms with van der Waals surface area (Å²) in [7, 11) is -3.05. The van der Waals surface area contributed by atoms with Crippen LogP contribution >= 0.6 is 23.7 Å². The summed E-state index contributed by atoms with van der Waals surface area (Å²) in [6.07, 6.45) is 0.641. The highest BCUT2D eigenvalue weighted by molar-refractivity contribution is 7.91. The van der Waals surface area contributed by atoms with Gasteiger partial charge in [0.15, 0.2) is 9.84 Å². The molecule has 1 amide bonds. The zero-order valence-electron chi connectivity index (χ0n) is 10.6. The number of carbonyl (C=O) groups is 1. The van der Waals surface area contributed by atoms with Crippen molar-refractivity contribution in [1.82, 2.24) is 10.3 Å². The Labute approximate surface area is 123 Å². The van der Waals surface area contributed by atoms with Gasteiger partial charge in [-0.05, 0) is 6.54 Å². The Morgan fingerprint density at radius 3 is 2.79 bits per heavy atom. The van der Waals surface area contributed by atoms with Gasteiger partial charge in [0.1, 0.15) is 5.69 Å². The third kappa shape index (κ3) is 6.33. The number of hydrogen-bond donors (Lipinski definition) is 2. The lowest BCUT2D eigenvalue weighted by Crippen LogP contribution is -2.29. The van der Waals surface area contributed by atoms with E-state index in [1.807, 2.05) is 0 Å². The van der Waals surface area contributed by atoms with E-state index in [-0.39, 0.29) is 36.4 Å². The van der Waals surface area contributed by atoms with Crippen molar-refractivity contribution < 1.29 is 13.2 Å². The number of aromatic nitrogens is 1. The van der Waals surface area contributed by atoms with Gasteiger partial charge in [-0.3, -0.25) is 4.79 Å². The van der Waals surface area contributed by atoms with Crippen molar-refractivity contribution in [2.75, 3.05) is 24.6 Å². The van der Waals surface area contributed by atoms with Crippen molar-refractivity contribution in [2.45, 2.75) is 13.3 Å². The van der Waals surface area contributed by atoms with Gasteiger partial charge in [0.2, 0.25) is 0 Å². The maximum atomic E-state index is 11.6. The van der Waals surface area contributed by atoms with Crippen molar-refractivity contribution in [3.63, 3.8) is 0 Å². The second kappa shape index (κ2) is 8.47. The van der Waals surface area contributed by atoms with Crippen LogP contribution in [0.3, 0.4) is 0 Å². The molecule has 0 saturated carbocycles. The predicted molar refractivity (Wildman–Crippen MR) is 78.8 cm³/mol. The van der Waals surface area contributed by atoms with Gasteiger partial charge in [-0.15, -0.1) is 23.7 Å². The minimum atomic E-state index is -3.05. The van der Waals surface area contributed by atoms with E-state index >= 15 is 0 Å². The molecule has 0 unspecified atom stereocenters. The molecule has 1 aromatic heterocycles. The number of nitrogens with one attached hydrogen (secondary N) is 1. The van der Waals surface area contributed by atoms with Gasteiger partial charge in [0.25, 0.3) is 5.91 Å². The highest BCUT2D eigenvalue weighted by Gasteiger charge is 2.12. The van der Waals surface area contributed by atoms with Gasteiger partial charge >= 0.3 is 0 Å². The van der Waals surface area contributed by atoms with Gasteiger partial charge in [-0.2, -0.15) is 0 Å². The second-order valence-electron chi connectivity index (χ2n) is 3.66. The van der Waals surface area contributed by atoms with Gasteiger partial charge in [0.05, 0.1) is 10.8 Å². The average Bonchev–Trinajstić information content (AvgIpc) is 2.78. The minimum Gasteiger partial charge on any atom is -0.350 e. The number of halogens is 1. The Kier molecular flexibility index (Phi) is 8.15. The monoisotopic (exact) mass is 327 g/mol. The van der Waals surface area contributed by atoms with Crippen molar-refractivity contribution in [3.8, 4) is 0 Å². The Morgan fingerprint density at radius 1 is 1.53 bits per heavy atom. The molecule has 0 aliphatic carbocycles. The fourth-order valence-corrected chi connectivity index (χ4v) is 2.70. The Balaban J connectivity index is 0.00000324. The van der Waals surface area contributed by atoms with Crippen LogP contribution in [0.1, 0.15) is 22.4 Å². The summed E-state index contributed by atoms with van der Waals surface area (Å²) in [6, 6.07) is 0. The molecule has 9 heteroatoms. The lowest BCUT2D eigenvalue weighted by molar-refractivity contribution is 0.0951. The fraction of sp³-hybridized carbons (Fsp3) is 0.600. The summed E-state index contributed by atoms with van der Waals surface area (Å²) in [6.45, 7) is 2.18. The Hall–Kier alpha value is -0.700. The molecule has 1 heterocycles. The van der Waals surface area contributed by atoms with Crippen molar-refractivity contribution in [1.29, 1.82) is 0 Å². The SMILES string of the molecule is CCS(=O)(=O)CCNC(=O)c1csc(CCN)n1.Cl. The molecule has 0 aromatic carbocycles. The molecule has 6 nitrogen and oxygen atoms in total. The quantitative estimate of drug-likeness (QED) is 0.746. The van der Waals surface area contributed by atoms with Gasteiger partial charge in [-0.25, -0.2) is 13.4 Å². The van der Waals surface area contributed by atoms with Crippen molar-refractivity contribution in [2.24, 2.45) is 5.73 Å². The molecule has 0 aliphatic rings. The number of nitrogens with zero attached hydrogens (tertiary/aromatic N) is 1. The molecule has 0 fully saturated rings. The molecule has 1 rings (SSSR count). The molecule has 0 saturated heterocycles. The number of hydrogen-bond acceptors (Lipinski definition) is 6. The first-order valence-electron chi connectivity index (χ1n) is 5.61. The topological polar surface area (TPSA) is 102 Å². The van der Waals surface area contributed by atoms with Crippen LogP contribution in [0, 0.1) is 0 Å². The predicted octanol–water partition coefficient (Wildman–Crippen LogP) is 0.231. The number of carbonyl (C=O) groups excluding carboxylic acids is 1. The average molecular weight is 328 g/mol. The van der Waals surface area contributed by atoms with Crippen LogP contribution in [0.4, 0.5) is 0 Å². The maximum Gasteiger partial charge on any atom is 0.270 e. The fourth-order valence-electron chi connectivity index (χ4n) is 1.21. The van der Waals surface area contributed by atoms with Crippen LogP contribution in [0.15, 0.2) is 5.38 Å². The van der Waals surface area contributed by atoms with E-state index in [0.717, 1.165) is 5.01 Å². The van der Waals surface area contributed by atoms with E-state index in [0.29, 0.717) is 18.7 Å². The third-order valence-electron chi connectivity index (χ3n) is 2.28. The van der Waals surface area contributed by atoms with Crippen LogP contribution < -0.4 is 11.1 Å². The van der Waals surface area contributed by atoms with E-state index in [1.54, 1.807) is 12.3 Å². The Bertz CT molecular complexity index is 502. The van der Waals surface area contributed by atoms with Crippen LogP contribution in [0.2, 0.25) is 0 Å². The Morgan fingerprint density at radius 2 is 2.21 bits per heavy atom. The minimum absolute atomic E-state index is 0. The number of nitrogens with two attached hydrogens (primary N) is 1. The van der Waals surface area contributed by atoms with Gasteiger partial charge in [0, 0.05) is 24.1 Å². The summed E-state index contributed by atoms with van der Waals surface area (Å²) in [5, 5.41) is 5.00. The molecule has 0 radical (unpaired) electrons. The molecule has 110 valence electrons. The first-order valence-corrected chi connectivity index (χ1v) is 8.31. The molecule has 0 atom stereocenters. The van der Waals surface area contributed by atoms with Crippen LogP contribution in [-0.4, -0.2) is 43.9 Å². The lowest BCUT2D eigenvalue weighted by atomic mass is 10.4. The smallest absolute Gasteiger partial charge is 0.270 e. The molecule has 3 N–H and O–H groups in total. The molecule has 0 aliphatic heterocycles. The lowest BCUT2D eigenvalue weighted by Gasteiger charge is -2.03. The molecular weight excluding hydrogens is 310 g/mol. The van der Waals surface area contributed by atoms with Crippen LogP contribution in [-0.2, 0) is 16.3 Å². The molecule has 0 bridgehead atoms. The maximum absolute atomic E-state index is 11.6. The largest absolute Gasteiger partial charge is 0.350 e.